The molecule has 0 radical (unpaired) electrons. The van der Waals surface area contributed by atoms with Gasteiger partial charge in [-0.25, -0.2) is 4.98 Å². The standard InChI is InChI=1S/C34H36N6O4/c1-22-7-10-26(37-33(41)23-8-11-30-31(17-23)44-16-15-43-30)19-29(22)38-34(42)24-9-12-32(35-20-24)36-25-5-4-6-27(18-25)40-14-13-28(21-40)39(2)3/h4-12,17-20,28H,13-16,21H2,1-3H3,(H,35,36)(H,37,41)(H,38,42). The number of carbonyl (C=O) groups excluding carboxylic acids is 2. The first-order valence-corrected chi connectivity index (χ1v) is 14.7. The highest BCUT2D eigenvalue weighted by Crippen LogP contribution is 2.31. The lowest BCUT2D eigenvalue weighted by Crippen LogP contribution is -2.31. The molecular formula is C34H36N6O4. The summed E-state index contributed by atoms with van der Waals surface area (Å²) >= 11 is 0. The van der Waals surface area contributed by atoms with Crippen LogP contribution in [0.25, 0.3) is 0 Å². The molecule has 2 aliphatic rings. The molecule has 1 aromatic heterocycles. The van der Waals surface area contributed by atoms with Gasteiger partial charge >= 0.3 is 0 Å². The first-order valence-electron chi connectivity index (χ1n) is 14.7. The van der Waals surface area contributed by atoms with Crippen molar-refractivity contribution in [2.45, 2.75) is 19.4 Å². The number of carbonyl (C=O) groups is 2. The molecule has 1 fully saturated rings. The molecule has 0 aliphatic carbocycles. The van der Waals surface area contributed by atoms with Crippen molar-refractivity contribution in [2.24, 2.45) is 0 Å². The summed E-state index contributed by atoms with van der Waals surface area (Å²) < 4.78 is 11.1. The zero-order valence-electron chi connectivity index (χ0n) is 25.1. The maximum absolute atomic E-state index is 13.1. The van der Waals surface area contributed by atoms with Crippen LogP contribution < -0.4 is 30.3 Å². The molecule has 1 atom stereocenters. The Morgan fingerprint density at radius 1 is 0.864 bits per heavy atom. The molecule has 3 N–H and O–H groups in total. The number of aryl methyl sites for hydroxylation is 1. The third-order valence-electron chi connectivity index (χ3n) is 7.95. The Hall–Kier alpha value is -5.09. The summed E-state index contributed by atoms with van der Waals surface area (Å²) in [4.78, 5) is 35.2. The number of amides is 2. The fourth-order valence-corrected chi connectivity index (χ4v) is 5.34. The highest BCUT2D eigenvalue weighted by Gasteiger charge is 2.24. The predicted octanol–water partition coefficient (Wildman–Crippen LogP) is 5.55. The zero-order valence-corrected chi connectivity index (χ0v) is 25.1. The van der Waals surface area contributed by atoms with E-state index in [1.807, 2.05) is 25.1 Å². The van der Waals surface area contributed by atoms with Crippen LogP contribution in [0.5, 0.6) is 11.5 Å². The van der Waals surface area contributed by atoms with Crippen molar-refractivity contribution >= 4 is 40.4 Å². The Kier molecular flexibility index (Phi) is 8.33. The molecule has 3 aromatic carbocycles. The molecule has 10 heteroatoms. The number of benzene rings is 3. The molecule has 1 unspecified atom stereocenters. The number of hydrogen-bond acceptors (Lipinski definition) is 8. The van der Waals surface area contributed by atoms with E-state index in [1.165, 1.54) is 5.69 Å². The van der Waals surface area contributed by atoms with Crippen molar-refractivity contribution in [1.29, 1.82) is 0 Å². The second kappa shape index (κ2) is 12.6. The summed E-state index contributed by atoms with van der Waals surface area (Å²) in [5, 5.41) is 9.18. The van der Waals surface area contributed by atoms with Gasteiger partial charge < -0.3 is 35.2 Å². The molecule has 2 aliphatic heterocycles. The number of rotatable bonds is 8. The highest BCUT2D eigenvalue weighted by atomic mass is 16.6. The molecule has 10 nitrogen and oxygen atoms in total. The Morgan fingerprint density at radius 2 is 1.66 bits per heavy atom. The van der Waals surface area contributed by atoms with Crippen LogP contribution in [0.15, 0.2) is 79.0 Å². The molecule has 4 aromatic rings. The number of anilines is 5. The maximum Gasteiger partial charge on any atom is 0.257 e. The van der Waals surface area contributed by atoms with Crippen LogP contribution in [0.2, 0.25) is 0 Å². The summed E-state index contributed by atoms with van der Waals surface area (Å²) in [5.41, 5.74) is 4.98. The molecule has 0 bridgehead atoms. The first-order chi connectivity index (χ1) is 21.3. The summed E-state index contributed by atoms with van der Waals surface area (Å²) in [6.07, 6.45) is 2.70. The van der Waals surface area contributed by atoms with E-state index in [2.05, 4.69) is 57.0 Å². The molecule has 2 amide bonds. The number of fused-ring (bicyclic) bond motifs is 1. The molecular weight excluding hydrogens is 556 g/mol. The van der Waals surface area contributed by atoms with Crippen LogP contribution in [-0.2, 0) is 0 Å². The van der Waals surface area contributed by atoms with E-state index in [0.717, 1.165) is 30.8 Å². The van der Waals surface area contributed by atoms with Crippen molar-refractivity contribution in [3.05, 3.63) is 95.7 Å². The summed E-state index contributed by atoms with van der Waals surface area (Å²) in [6.45, 7) is 4.86. The first kappa shape index (κ1) is 29.0. The molecule has 44 heavy (non-hydrogen) atoms. The zero-order chi connectivity index (χ0) is 30.6. The molecule has 6 rings (SSSR count). The van der Waals surface area contributed by atoms with E-state index in [0.29, 0.717) is 59.1 Å². The monoisotopic (exact) mass is 592 g/mol. The lowest BCUT2D eigenvalue weighted by Gasteiger charge is -2.22. The van der Waals surface area contributed by atoms with Crippen LogP contribution in [0.4, 0.5) is 28.6 Å². The minimum absolute atomic E-state index is 0.292. The van der Waals surface area contributed by atoms with E-state index in [-0.39, 0.29) is 11.8 Å². The Labute approximate surface area is 257 Å². The quantitative estimate of drug-likeness (QED) is 0.245. The van der Waals surface area contributed by atoms with Gasteiger partial charge in [0.15, 0.2) is 11.5 Å². The van der Waals surface area contributed by atoms with Gasteiger partial charge in [-0.2, -0.15) is 0 Å². The lowest BCUT2D eigenvalue weighted by molar-refractivity contribution is 0.101. The van der Waals surface area contributed by atoms with Gasteiger partial charge in [0.1, 0.15) is 19.0 Å². The number of hydrogen-bond donors (Lipinski definition) is 3. The fourth-order valence-electron chi connectivity index (χ4n) is 5.34. The maximum atomic E-state index is 13.1. The van der Waals surface area contributed by atoms with Crippen LogP contribution >= 0.6 is 0 Å². The topological polar surface area (TPSA) is 108 Å². The second-order valence-electron chi connectivity index (χ2n) is 11.3. The van der Waals surface area contributed by atoms with Crippen LogP contribution in [0.3, 0.4) is 0 Å². The third kappa shape index (κ3) is 6.60. The van der Waals surface area contributed by atoms with Crippen molar-refractivity contribution in [3.63, 3.8) is 0 Å². The van der Waals surface area contributed by atoms with Gasteiger partial charge in [0, 0.05) is 53.6 Å². The number of likely N-dealkylation sites (N-methyl/N-ethyl adjacent to an activating group) is 1. The van der Waals surface area contributed by atoms with Crippen LogP contribution in [0, 0.1) is 6.92 Å². The average molecular weight is 593 g/mol. The van der Waals surface area contributed by atoms with E-state index in [1.54, 1.807) is 48.7 Å². The van der Waals surface area contributed by atoms with Gasteiger partial charge in [0.05, 0.1) is 5.56 Å². The molecule has 3 heterocycles. The number of ether oxygens (including phenoxy) is 2. The highest BCUT2D eigenvalue weighted by molar-refractivity contribution is 6.07. The Morgan fingerprint density at radius 3 is 2.43 bits per heavy atom. The molecule has 1 saturated heterocycles. The Balaban J connectivity index is 1.08. The van der Waals surface area contributed by atoms with Gasteiger partial charge in [-0.1, -0.05) is 12.1 Å². The second-order valence-corrected chi connectivity index (χ2v) is 11.3. The van der Waals surface area contributed by atoms with Crippen molar-refractivity contribution in [1.82, 2.24) is 9.88 Å². The summed E-state index contributed by atoms with van der Waals surface area (Å²) in [6, 6.07) is 22.8. The largest absolute Gasteiger partial charge is 0.486 e. The van der Waals surface area contributed by atoms with Crippen molar-refractivity contribution < 1.29 is 19.1 Å². The van der Waals surface area contributed by atoms with E-state index >= 15 is 0 Å². The summed E-state index contributed by atoms with van der Waals surface area (Å²) in [7, 11) is 4.26. The van der Waals surface area contributed by atoms with Gasteiger partial charge in [-0.15, -0.1) is 0 Å². The molecule has 0 spiro atoms. The normalized spacial score (nSPS) is 15.6. The Bertz CT molecular complexity index is 1670. The van der Waals surface area contributed by atoms with E-state index in [4.69, 9.17) is 9.47 Å². The van der Waals surface area contributed by atoms with Gasteiger partial charge in [0.2, 0.25) is 0 Å². The summed E-state index contributed by atoms with van der Waals surface area (Å²) in [5.74, 6) is 1.22. The van der Waals surface area contributed by atoms with Gasteiger partial charge in [-0.05, 0) is 93.7 Å². The smallest absolute Gasteiger partial charge is 0.257 e. The number of nitrogens with zero attached hydrogens (tertiary/aromatic N) is 3. The molecule has 0 saturated carbocycles. The number of nitrogens with one attached hydrogen (secondary N) is 3. The minimum Gasteiger partial charge on any atom is -0.486 e. The van der Waals surface area contributed by atoms with Gasteiger partial charge in [-0.3, -0.25) is 9.59 Å². The van der Waals surface area contributed by atoms with Crippen LogP contribution in [0.1, 0.15) is 32.7 Å². The van der Waals surface area contributed by atoms with Crippen molar-refractivity contribution in [2.75, 3.05) is 61.2 Å². The van der Waals surface area contributed by atoms with Gasteiger partial charge in [0.25, 0.3) is 11.8 Å². The SMILES string of the molecule is Cc1ccc(NC(=O)c2ccc3c(c2)OCCO3)cc1NC(=O)c1ccc(Nc2cccc(N3CCC(N(C)C)C3)c2)nc1. The third-order valence-corrected chi connectivity index (χ3v) is 7.95. The minimum atomic E-state index is -0.297. The van der Waals surface area contributed by atoms with E-state index in [9.17, 15) is 9.59 Å². The number of pyridine rings is 1. The number of aromatic nitrogens is 1. The van der Waals surface area contributed by atoms with Crippen LogP contribution in [-0.4, -0.2) is 68.1 Å². The fraction of sp³-hybridized carbons (Fsp3) is 0.265. The van der Waals surface area contributed by atoms with Crippen molar-refractivity contribution in [3.8, 4) is 11.5 Å². The lowest BCUT2D eigenvalue weighted by atomic mass is 10.1. The van der Waals surface area contributed by atoms with E-state index < -0.39 is 0 Å². The average Bonchev–Trinajstić information content (AvgIpc) is 3.54. The molecule has 226 valence electrons. The predicted molar refractivity (Wildman–Crippen MR) is 173 cm³/mol.